The summed E-state index contributed by atoms with van der Waals surface area (Å²) in [6.07, 6.45) is -8.73. The molecule has 1 heterocycles. The van der Waals surface area contributed by atoms with Crippen molar-refractivity contribution in [3.63, 3.8) is 0 Å². The Morgan fingerprint density at radius 1 is 0.949 bits per heavy atom. The minimum atomic E-state index is -4.73. The third kappa shape index (κ3) is 7.95. The molecule has 39 heavy (non-hydrogen) atoms. The largest absolute Gasteiger partial charge is 0.481 e. The van der Waals surface area contributed by atoms with Gasteiger partial charge in [-0.05, 0) is 41.3 Å². The highest BCUT2D eigenvalue weighted by Crippen LogP contribution is 2.38. The first-order valence-electron chi connectivity index (χ1n) is 11.7. The van der Waals surface area contributed by atoms with E-state index in [0.29, 0.717) is 23.4 Å². The second-order valence-corrected chi connectivity index (χ2v) is 9.01. The number of carboxylic acid groups (broad SMARTS) is 1. The van der Waals surface area contributed by atoms with Crippen LogP contribution in [0.3, 0.4) is 0 Å². The average Bonchev–Trinajstić information content (AvgIpc) is 2.84. The van der Waals surface area contributed by atoms with E-state index in [0.717, 1.165) is 17.6 Å². The maximum absolute atomic E-state index is 13.7. The lowest BCUT2D eigenvalue weighted by Crippen LogP contribution is -2.34. The molecule has 0 unspecified atom stereocenters. The predicted molar refractivity (Wildman–Crippen MR) is 130 cm³/mol. The number of aromatic nitrogens is 1. The van der Waals surface area contributed by atoms with Crippen molar-refractivity contribution in [2.24, 2.45) is 5.92 Å². The molecular formula is C27H24F6N2O4. The fourth-order valence-corrected chi connectivity index (χ4v) is 3.98. The predicted octanol–water partition coefficient (Wildman–Crippen LogP) is 5.85. The van der Waals surface area contributed by atoms with Gasteiger partial charge in [-0.15, -0.1) is 0 Å². The van der Waals surface area contributed by atoms with Crippen molar-refractivity contribution in [2.45, 2.75) is 44.6 Å². The number of carboxylic acids is 1. The zero-order valence-corrected chi connectivity index (χ0v) is 20.5. The second-order valence-electron chi connectivity index (χ2n) is 9.01. The zero-order chi connectivity index (χ0) is 29.0. The SMILES string of the molecule is C[C@@H]([C@@H](C(=O)Nc1cccc(CCC(=O)O)c1)c1ccc(Cn2cc(C(F)(F)F)ccc2=O)cc1)C(F)(F)F. The third-order valence-electron chi connectivity index (χ3n) is 6.12. The Morgan fingerprint density at radius 3 is 2.21 bits per heavy atom. The van der Waals surface area contributed by atoms with Crippen LogP contribution >= 0.6 is 0 Å². The van der Waals surface area contributed by atoms with Crippen molar-refractivity contribution in [1.29, 1.82) is 0 Å². The number of aliphatic carboxylic acids is 1. The number of benzene rings is 2. The molecule has 0 radical (unpaired) electrons. The maximum atomic E-state index is 13.7. The minimum Gasteiger partial charge on any atom is -0.481 e. The Bertz CT molecular complexity index is 1380. The van der Waals surface area contributed by atoms with E-state index in [4.69, 9.17) is 5.11 Å². The monoisotopic (exact) mass is 554 g/mol. The van der Waals surface area contributed by atoms with Crippen LogP contribution in [0.15, 0.2) is 71.7 Å². The van der Waals surface area contributed by atoms with E-state index in [9.17, 15) is 40.7 Å². The van der Waals surface area contributed by atoms with Crippen LogP contribution in [-0.4, -0.2) is 27.7 Å². The van der Waals surface area contributed by atoms with Gasteiger partial charge in [0.25, 0.3) is 5.56 Å². The van der Waals surface area contributed by atoms with E-state index >= 15 is 0 Å². The smallest absolute Gasteiger partial charge is 0.417 e. The number of carbonyl (C=O) groups excluding carboxylic acids is 1. The first-order valence-corrected chi connectivity index (χ1v) is 11.7. The van der Waals surface area contributed by atoms with Crippen molar-refractivity contribution in [3.05, 3.63) is 99.5 Å². The van der Waals surface area contributed by atoms with Crippen molar-refractivity contribution in [2.75, 3.05) is 5.32 Å². The number of hydrogen-bond acceptors (Lipinski definition) is 3. The van der Waals surface area contributed by atoms with Crippen LogP contribution in [0.1, 0.15) is 41.5 Å². The summed E-state index contributed by atoms with van der Waals surface area (Å²) in [5.74, 6) is -5.73. The third-order valence-corrected chi connectivity index (χ3v) is 6.12. The molecular weight excluding hydrogens is 530 g/mol. The number of pyridine rings is 1. The number of carbonyl (C=O) groups is 2. The lowest BCUT2D eigenvalue weighted by Gasteiger charge is -2.26. The topological polar surface area (TPSA) is 88.4 Å². The quantitative estimate of drug-likeness (QED) is 0.325. The minimum absolute atomic E-state index is 0.0134. The number of nitrogens with zero attached hydrogens (tertiary/aromatic N) is 1. The molecule has 1 amide bonds. The Labute approximate surface area is 218 Å². The van der Waals surface area contributed by atoms with Gasteiger partial charge in [0.05, 0.1) is 23.9 Å². The number of anilines is 1. The highest BCUT2D eigenvalue weighted by molar-refractivity contribution is 5.96. The molecule has 12 heteroatoms. The number of halogens is 6. The summed E-state index contributed by atoms with van der Waals surface area (Å²) in [7, 11) is 0. The van der Waals surface area contributed by atoms with E-state index < -0.39 is 47.2 Å². The summed E-state index contributed by atoms with van der Waals surface area (Å²) in [4.78, 5) is 35.9. The molecule has 1 aromatic heterocycles. The van der Waals surface area contributed by atoms with Crippen LogP contribution in [0.4, 0.5) is 32.0 Å². The number of aryl methyl sites for hydroxylation is 1. The summed E-state index contributed by atoms with van der Waals surface area (Å²) in [6.45, 7) is 0.599. The molecule has 0 aliphatic heterocycles. The van der Waals surface area contributed by atoms with Crippen LogP contribution in [0, 0.1) is 5.92 Å². The summed E-state index contributed by atoms with van der Waals surface area (Å²) in [5.41, 5.74) is -0.598. The molecule has 0 aliphatic carbocycles. The molecule has 0 aliphatic rings. The Hall–Kier alpha value is -4.09. The fourth-order valence-electron chi connectivity index (χ4n) is 3.98. The van der Waals surface area contributed by atoms with Gasteiger partial charge in [0, 0.05) is 24.4 Å². The van der Waals surface area contributed by atoms with Crippen molar-refractivity contribution in [3.8, 4) is 0 Å². The van der Waals surface area contributed by atoms with Crippen LogP contribution in [0.2, 0.25) is 0 Å². The molecule has 0 fully saturated rings. The standard InChI is InChI=1S/C27H24F6N2O4/c1-16(26(28,29)30)24(25(39)34-21-4-2-3-17(13-21)7-12-23(37)38)19-8-5-18(6-9-19)14-35-15-20(27(31,32)33)10-11-22(35)36/h2-6,8-11,13,15-16,24H,7,12,14H2,1H3,(H,34,39)(H,37,38)/t16-,24+/m0/s1. The first-order chi connectivity index (χ1) is 18.1. The van der Waals surface area contributed by atoms with Crippen LogP contribution in [0.25, 0.3) is 0 Å². The summed E-state index contributed by atoms with van der Waals surface area (Å²) in [6, 6.07) is 12.8. The van der Waals surface area contributed by atoms with Gasteiger partial charge >= 0.3 is 18.3 Å². The van der Waals surface area contributed by atoms with Gasteiger partial charge in [0.15, 0.2) is 0 Å². The van der Waals surface area contributed by atoms with E-state index in [2.05, 4.69) is 5.32 Å². The summed E-state index contributed by atoms with van der Waals surface area (Å²) >= 11 is 0. The molecule has 3 rings (SSSR count). The van der Waals surface area contributed by atoms with Gasteiger partial charge in [-0.1, -0.05) is 43.3 Å². The highest BCUT2D eigenvalue weighted by Gasteiger charge is 2.45. The van der Waals surface area contributed by atoms with E-state index in [1.165, 1.54) is 36.4 Å². The number of rotatable bonds is 9. The van der Waals surface area contributed by atoms with Crippen LogP contribution in [-0.2, 0) is 28.7 Å². The lowest BCUT2D eigenvalue weighted by molar-refractivity contribution is -0.178. The van der Waals surface area contributed by atoms with Gasteiger partial charge in [0.1, 0.15) is 0 Å². The van der Waals surface area contributed by atoms with Gasteiger partial charge in [-0.3, -0.25) is 14.4 Å². The van der Waals surface area contributed by atoms with Gasteiger partial charge in [-0.2, -0.15) is 26.3 Å². The van der Waals surface area contributed by atoms with Crippen molar-refractivity contribution in [1.82, 2.24) is 4.57 Å². The van der Waals surface area contributed by atoms with Crippen LogP contribution < -0.4 is 10.9 Å². The summed E-state index contributed by atoms with van der Waals surface area (Å²) in [5, 5.41) is 11.3. The van der Waals surface area contributed by atoms with Crippen molar-refractivity contribution >= 4 is 17.6 Å². The maximum Gasteiger partial charge on any atom is 0.417 e. The molecule has 0 saturated heterocycles. The van der Waals surface area contributed by atoms with E-state index in [1.54, 1.807) is 12.1 Å². The molecule has 2 aromatic carbocycles. The molecule has 208 valence electrons. The normalized spacial score (nSPS) is 13.5. The number of alkyl halides is 6. The van der Waals surface area contributed by atoms with Crippen molar-refractivity contribution < 1.29 is 41.0 Å². The van der Waals surface area contributed by atoms with E-state index in [-0.39, 0.29) is 30.6 Å². The summed E-state index contributed by atoms with van der Waals surface area (Å²) < 4.78 is 81.0. The Kier molecular flexibility index (Phi) is 8.88. The molecule has 2 N–H and O–H groups in total. The van der Waals surface area contributed by atoms with Gasteiger partial charge < -0.3 is 15.0 Å². The average molecular weight is 554 g/mol. The highest BCUT2D eigenvalue weighted by atomic mass is 19.4. The Balaban J connectivity index is 1.86. The fraction of sp³-hybridized carbons (Fsp3) is 0.296. The molecule has 6 nitrogen and oxygen atoms in total. The zero-order valence-electron chi connectivity index (χ0n) is 20.5. The number of nitrogens with one attached hydrogen (secondary N) is 1. The van der Waals surface area contributed by atoms with E-state index in [1.807, 2.05) is 0 Å². The molecule has 0 bridgehead atoms. The number of hydrogen-bond donors (Lipinski definition) is 2. The second kappa shape index (κ2) is 11.7. The van der Waals surface area contributed by atoms with Crippen LogP contribution in [0.5, 0.6) is 0 Å². The number of amides is 1. The van der Waals surface area contributed by atoms with Gasteiger partial charge in [-0.25, -0.2) is 0 Å². The Morgan fingerprint density at radius 2 is 1.62 bits per heavy atom. The molecule has 0 spiro atoms. The molecule has 2 atom stereocenters. The lowest BCUT2D eigenvalue weighted by atomic mass is 9.85. The molecule has 0 saturated carbocycles. The van der Waals surface area contributed by atoms with Gasteiger partial charge in [0.2, 0.25) is 5.91 Å². The first kappa shape index (κ1) is 29.5. The molecule has 3 aromatic rings.